The minimum absolute atomic E-state index is 0.0476. The molecular weight excluding hydrogens is 178 g/mol. The first-order chi connectivity index (χ1) is 6.56. The molecule has 0 amide bonds. The second-order valence-corrected chi connectivity index (χ2v) is 3.93. The van der Waals surface area contributed by atoms with Crippen molar-refractivity contribution in [3.05, 3.63) is 24.2 Å². The molecule has 1 aromatic heterocycles. The van der Waals surface area contributed by atoms with Gasteiger partial charge in [0.25, 0.3) is 0 Å². The first-order valence-electron chi connectivity index (χ1n) is 4.98. The predicted molar refractivity (Wildman–Crippen MR) is 56.1 cm³/mol. The van der Waals surface area contributed by atoms with Gasteiger partial charge in [-0.3, -0.25) is 0 Å². The molecule has 0 aliphatic heterocycles. The van der Waals surface area contributed by atoms with Crippen LogP contribution >= 0.6 is 0 Å². The van der Waals surface area contributed by atoms with Crippen LogP contribution in [0.25, 0.3) is 0 Å². The molecule has 3 heteroatoms. The van der Waals surface area contributed by atoms with Crippen molar-refractivity contribution in [2.45, 2.75) is 38.8 Å². The lowest BCUT2D eigenvalue weighted by atomic mass is 9.95. The van der Waals surface area contributed by atoms with E-state index in [4.69, 9.17) is 14.9 Å². The third kappa shape index (κ3) is 2.86. The summed E-state index contributed by atoms with van der Waals surface area (Å²) in [6.45, 7) is 6.66. The van der Waals surface area contributed by atoms with Gasteiger partial charge in [0.15, 0.2) is 0 Å². The Kier molecular flexibility index (Phi) is 3.72. The lowest BCUT2D eigenvalue weighted by Gasteiger charge is -2.30. The zero-order chi connectivity index (χ0) is 10.6. The van der Waals surface area contributed by atoms with Gasteiger partial charge >= 0.3 is 0 Å². The van der Waals surface area contributed by atoms with E-state index in [1.165, 1.54) is 0 Å². The van der Waals surface area contributed by atoms with Crippen molar-refractivity contribution >= 4 is 0 Å². The van der Waals surface area contributed by atoms with E-state index in [0.29, 0.717) is 13.0 Å². The van der Waals surface area contributed by atoms with Gasteiger partial charge in [-0.15, -0.1) is 0 Å². The number of ether oxygens (including phenoxy) is 1. The summed E-state index contributed by atoms with van der Waals surface area (Å²) in [7, 11) is 0. The molecule has 0 saturated carbocycles. The Balaban J connectivity index is 2.52. The molecule has 0 aliphatic rings. The van der Waals surface area contributed by atoms with Crippen LogP contribution in [-0.4, -0.2) is 18.2 Å². The van der Waals surface area contributed by atoms with Crippen molar-refractivity contribution in [2.24, 2.45) is 5.73 Å². The van der Waals surface area contributed by atoms with Gasteiger partial charge in [-0.05, 0) is 32.9 Å². The van der Waals surface area contributed by atoms with Crippen molar-refractivity contribution in [1.29, 1.82) is 0 Å². The SMILES string of the molecule is CCOC(C)(C)C(N)Cc1ccco1. The normalized spacial score (nSPS) is 14.3. The Morgan fingerprint density at radius 3 is 2.79 bits per heavy atom. The van der Waals surface area contributed by atoms with Crippen LogP contribution in [0.4, 0.5) is 0 Å². The highest BCUT2D eigenvalue weighted by Gasteiger charge is 2.27. The lowest BCUT2D eigenvalue weighted by molar-refractivity contribution is -0.0297. The van der Waals surface area contributed by atoms with Gasteiger partial charge in [0.2, 0.25) is 0 Å². The van der Waals surface area contributed by atoms with Gasteiger partial charge in [-0.25, -0.2) is 0 Å². The van der Waals surface area contributed by atoms with E-state index >= 15 is 0 Å². The molecule has 1 atom stereocenters. The minimum atomic E-state index is -0.304. The number of rotatable bonds is 5. The van der Waals surface area contributed by atoms with Crippen LogP contribution in [0.3, 0.4) is 0 Å². The van der Waals surface area contributed by atoms with Gasteiger partial charge in [-0.1, -0.05) is 0 Å². The summed E-state index contributed by atoms with van der Waals surface area (Å²) in [6, 6.07) is 3.76. The summed E-state index contributed by atoms with van der Waals surface area (Å²) in [6.07, 6.45) is 2.37. The molecule has 0 saturated heterocycles. The maximum Gasteiger partial charge on any atom is 0.105 e. The van der Waals surface area contributed by atoms with Gasteiger partial charge in [0.05, 0.1) is 11.9 Å². The van der Waals surface area contributed by atoms with Gasteiger partial charge in [0.1, 0.15) is 5.76 Å². The fourth-order valence-corrected chi connectivity index (χ4v) is 1.37. The summed E-state index contributed by atoms with van der Waals surface area (Å²) in [5.41, 5.74) is 5.74. The number of furan rings is 1. The van der Waals surface area contributed by atoms with Gasteiger partial charge in [-0.2, -0.15) is 0 Å². The molecular formula is C11H19NO2. The molecule has 1 aromatic rings. The van der Waals surface area contributed by atoms with Crippen molar-refractivity contribution in [1.82, 2.24) is 0 Å². The highest BCUT2D eigenvalue weighted by molar-refractivity contribution is 5.02. The Hall–Kier alpha value is -0.800. The van der Waals surface area contributed by atoms with Gasteiger partial charge in [0, 0.05) is 19.1 Å². The Labute approximate surface area is 85.2 Å². The average Bonchev–Trinajstić information content (AvgIpc) is 2.56. The fraction of sp³-hybridized carbons (Fsp3) is 0.636. The second kappa shape index (κ2) is 4.62. The van der Waals surface area contributed by atoms with E-state index in [0.717, 1.165) is 5.76 Å². The molecule has 2 N–H and O–H groups in total. The van der Waals surface area contributed by atoms with Crippen LogP contribution < -0.4 is 5.73 Å². The highest BCUT2D eigenvalue weighted by atomic mass is 16.5. The standard InChI is InChI=1S/C11H19NO2/c1-4-14-11(2,3)10(12)8-9-6-5-7-13-9/h5-7,10H,4,8,12H2,1-3H3. The zero-order valence-corrected chi connectivity index (χ0v) is 9.12. The second-order valence-electron chi connectivity index (χ2n) is 3.93. The summed E-state index contributed by atoms with van der Waals surface area (Å²) in [4.78, 5) is 0. The highest BCUT2D eigenvalue weighted by Crippen LogP contribution is 2.17. The van der Waals surface area contributed by atoms with E-state index < -0.39 is 0 Å². The molecule has 0 spiro atoms. The molecule has 14 heavy (non-hydrogen) atoms. The summed E-state index contributed by atoms with van der Waals surface area (Å²) >= 11 is 0. The van der Waals surface area contributed by atoms with E-state index in [2.05, 4.69) is 0 Å². The minimum Gasteiger partial charge on any atom is -0.469 e. The molecule has 0 fully saturated rings. The fourth-order valence-electron chi connectivity index (χ4n) is 1.37. The van der Waals surface area contributed by atoms with E-state index in [1.807, 2.05) is 32.9 Å². The van der Waals surface area contributed by atoms with Crippen LogP contribution in [0.1, 0.15) is 26.5 Å². The molecule has 0 aliphatic carbocycles. The lowest BCUT2D eigenvalue weighted by Crippen LogP contribution is -2.46. The van der Waals surface area contributed by atoms with Crippen molar-refractivity contribution < 1.29 is 9.15 Å². The monoisotopic (exact) mass is 197 g/mol. The Morgan fingerprint density at radius 2 is 2.29 bits per heavy atom. The first kappa shape index (κ1) is 11.3. The van der Waals surface area contributed by atoms with Crippen LogP contribution in [0.5, 0.6) is 0 Å². The maximum atomic E-state index is 6.04. The zero-order valence-electron chi connectivity index (χ0n) is 9.12. The molecule has 80 valence electrons. The molecule has 1 unspecified atom stereocenters. The third-order valence-electron chi connectivity index (χ3n) is 2.41. The number of hydrogen-bond donors (Lipinski definition) is 1. The topological polar surface area (TPSA) is 48.4 Å². The van der Waals surface area contributed by atoms with E-state index in [1.54, 1.807) is 6.26 Å². The predicted octanol–water partition coefficient (Wildman–Crippen LogP) is 1.96. The number of nitrogens with two attached hydrogens (primary N) is 1. The Bertz CT molecular complexity index is 254. The Morgan fingerprint density at radius 1 is 1.57 bits per heavy atom. The maximum absolute atomic E-state index is 6.04. The summed E-state index contributed by atoms with van der Waals surface area (Å²) in [5.74, 6) is 0.908. The summed E-state index contributed by atoms with van der Waals surface area (Å²) in [5, 5.41) is 0. The van der Waals surface area contributed by atoms with E-state index in [-0.39, 0.29) is 11.6 Å². The largest absolute Gasteiger partial charge is 0.469 e. The molecule has 1 heterocycles. The van der Waals surface area contributed by atoms with Crippen LogP contribution in [0.15, 0.2) is 22.8 Å². The molecule has 0 bridgehead atoms. The van der Waals surface area contributed by atoms with Crippen LogP contribution in [0.2, 0.25) is 0 Å². The van der Waals surface area contributed by atoms with E-state index in [9.17, 15) is 0 Å². The number of hydrogen-bond acceptors (Lipinski definition) is 3. The van der Waals surface area contributed by atoms with Crippen LogP contribution in [-0.2, 0) is 11.2 Å². The van der Waals surface area contributed by atoms with Crippen molar-refractivity contribution in [3.63, 3.8) is 0 Å². The quantitative estimate of drug-likeness (QED) is 0.785. The molecule has 1 rings (SSSR count). The molecule has 0 radical (unpaired) electrons. The molecule has 0 aromatic carbocycles. The van der Waals surface area contributed by atoms with Gasteiger partial charge < -0.3 is 14.9 Å². The van der Waals surface area contributed by atoms with Crippen molar-refractivity contribution in [3.8, 4) is 0 Å². The first-order valence-corrected chi connectivity index (χ1v) is 4.98. The third-order valence-corrected chi connectivity index (χ3v) is 2.41. The average molecular weight is 197 g/mol. The van der Waals surface area contributed by atoms with Crippen LogP contribution in [0, 0.1) is 0 Å². The smallest absolute Gasteiger partial charge is 0.105 e. The summed E-state index contributed by atoms with van der Waals surface area (Å²) < 4.78 is 10.8. The molecule has 3 nitrogen and oxygen atoms in total. The van der Waals surface area contributed by atoms with Crippen molar-refractivity contribution in [2.75, 3.05) is 6.61 Å².